The van der Waals surface area contributed by atoms with Crippen molar-refractivity contribution in [2.75, 3.05) is 20.0 Å². The monoisotopic (exact) mass is 287 g/mol. The van der Waals surface area contributed by atoms with Gasteiger partial charge in [-0.3, -0.25) is 0 Å². The maximum absolute atomic E-state index is 10.3. The first-order valence-electron chi connectivity index (χ1n) is 6.89. The van der Waals surface area contributed by atoms with Crippen molar-refractivity contribution >= 4 is 5.69 Å². The van der Waals surface area contributed by atoms with Crippen molar-refractivity contribution in [3.8, 4) is 11.5 Å². The standard InChI is InChI=1S/C17H21NO3/c1-20-13-9-6-12(7-10-13)8-11-15(19)14-4-3-5-16(21-2)17(14)18/h3-7,9-10,15,19H,8,11,18H2,1-2H3. The Morgan fingerprint density at radius 2 is 1.76 bits per heavy atom. The van der Waals surface area contributed by atoms with Crippen LogP contribution in [0.2, 0.25) is 0 Å². The summed E-state index contributed by atoms with van der Waals surface area (Å²) in [6, 6.07) is 13.3. The van der Waals surface area contributed by atoms with Gasteiger partial charge in [0.15, 0.2) is 0 Å². The van der Waals surface area contributed by atoms with Gasteiger partial charge in [0, 0.05) is 5.56 Å². The Kier molecular flexibility index (Phi) is 5.06. The normalized spacial score (nSPS) is 12.0. The molecule has 0 aliphatic rings. The summed E-state index contributed by atoms with van der Waals surface area (Å²) in [5.41, 5.74) is 8.36. The number of hydrogen-bond acceptors (Lipinski definition) is 4. The summed E-state index contributed by atoms with van der Waals surface area (Å²) in [7, 11) is 3.21. The Balaban J connectivity index is 2.02. The molecule has 0 aliphatic heterocycles. The molecule has 1 atom stereocenters. The minimum absolute atomic E-state index is 0.502. The van der Waals surface area contributed by atoms with Gasteiger partial charge in [0.1, 0.15) is 11.5 Å². The number of nitrogen functional groups attached to an aromatic ring is 1. The Labute approximate surface area is 125 Å². The van der Waals surface area contributed by atoms with Gasteiger partial charge in [-0.15, -0.1) is 0 Å². The molecule has 0 heterocycles. The van der Waals surface area contributed by atoms with Crippen LogP contribution in [-0.4, -0.2) is 19.3 Å². The number of rotatable bonds is 6. The molecule has 4 heteroatoms. The molecule has 4 nitrogen and oxygen atoms in total. The molecule has 21 heavy (non-hydrogen) atoms. The topological polar surface area (TPSA) is 64.7 Å². The molecule has 0 fully saturated rings. The van der Waals surface area contributed by atoms with Crippen LogP contribution < -0.4 is 15.2 Å². The molecule has 2 aromatic rings. The smallest absolute Gasteiger partial charge is 0.142 e. The second kappa shape index (κ2) is 6.99. The number of methoxy groups -OCH3 is 2. The first kappa shape index (κ1) is 15.2. The van der Waals surface area contributed by atoms with E-state index in [1.54, 1.807) is 20.3 Å². The minimum Gasteiger partial charge on any atom is -0.497 e. The van der Waals surface area contributed by atoms with Gasteiger partial charge in [0.05, 0.1) is 26.0 Å². The number of ether oxygens (including phenoxy) is 2. The third kappa shape index (κ3) is 3.67. The molecule has 2 rings (SSSR count). The average Bonchev–Trinajstić information content (AvgIpc) is 2.53. The second-order valence-electron chi connectivity index (χ2n) is 4.87. The van der Waals surface area contributed by atoms with Crippen LogP contribution in [-0.2, 0) is 6.42 Å². The number of nitrogens with two attached hydrogens (primary N) is 1. The zero-order valence-electron chi connectivity index (χ0n) is 12.4. The molecule has 3 N–H and O–H groups in total. The van der Waals surface area contributed by atoms with Crippen molar-refractivity contribution in [3.63, 3.8) is 0 Å². The first-order valence-corrected chi connectivity index (χ1v) is 6.89. The van der Waals surface area contributed by atoms with Crippen LogP contribution in [0.4, 0.5) is 5.69 Å². The number of aliphatic hydroxyl groups is 1. The molecule has 0 radical (unpaired) electrons. The number of para-hydroxylation sites is 1. The largest absolute Gasteiger partial charge is 0.497 e. The molecule has 0 aromatic heterocycles. The summed E-state index contributed by atoms with van der Waals surface area (Å²) >= 11 is 0. The fourth-order valence-electron chi connectivity index (χ4n) is 2.28. The predicted octanol–water partition coefficient (Wildman–Crippen LogP) is 2.95. The van der Waals surface area contributed by atoms with Gasteiger partial charge in [-0.1, -0.05) is 24.3 Å². The third-order valence-corrected chi connectivity index (χ3v) is 3.54. The van der Waals surface area contributed by atoms with Gasteiger partial charge in [0.25, 0.3) is 0 Å². The SMILES string of the molecule is COc1ccc(CCC(O)c2cccc(OC)c2N)cc1. The first-order chi connectivity index (χ1) is 10.2. The lowest BCUT2D eigenvalue weighted by Gasteiger charge is -2.15. The van der Waals surface area contributed by atoms with Crippen molar-refractivity contribution in [3.05, 3.63) is 53.6 Å². The van der Waals surface area contributed by atoms with Crippen molar-refractivity contribution in [2.24, 2.45) is 0 Å². The molecule has 0 saturated carbocycles. The Bertz CT molecular complexity index is 581. The molecule has 0 spiro atoms. The fraction of sp³-hybridized carbons (Fsp3) is 0.294. The highest BCUT2D eigenvalue weighted by atomic mass is 16.5. The van der Waals surface area contributed by atoms with Crippen LogP contribution in [0.25, 0.3) is 0 Å². The van der Waals surface area contributed by atoms with Gasteiger partial charge in [-0.05, 0) is 36.6 Å². The lowest BCUT2D eigenvalue weighted by Crippen LogP contribution is -2.05. The Morgan fingerprint density at radius 1 is 1.05 bits per heavy atom. The quantitative estimate of drug-likeness (QED) is 0.802. The molecule has 0 saturated heterocycles. The molecule has 1 unspecified atom stereocenters. The van der Waals surface area contributed by atoms with Crippen LogP contribution in [0.5, 0.6) is 11.5 Å². The number of anilines is 1. The summed E-state index contributed by atoms with van der Waals surface area (Å²) < 4.78 is 10.3. The molecular formula is C17H21NO3. The van der Waals surface area contributed by atoms with Crippen LogP contribution in [0.1, 0.15) is 23.7 Å². The highest BCUT2D eigenvalue weighted by Crippen LogP contribution is 2.31. The number of benzene rings is 2. The Morgan fingerprint density at radius 3 is 2.38 bits per heavy atom. The van der Waals surface area contributed by atoms with E-state index in [0.717, 1.165) is 17.7 Å². The highest BCUT2D eigenvalue weighted by molar-refractivity contribution is 5.59. The molecule has 0 aliphatic carbocycles. The van der Waals surface area contributed by atoms with Crippen molar-refractivity contribution in [1.29, 1.82) is 0 Å². The summed E-state index contributed by atoms with van der Waals surface area (Å²) in [5.74, 6) is 1.42. The van der Waals surface area contributed by atoms with Gasteiger partial charge >= 0.3 is 0 Å². The van der Waals surface area contributed by atoms with Gasteiger partial charge < -0.3 is 20.3 Å². The molecule has 112 valence electrons. The van der Waals surface area contributed by atoms with E-state index in [2.05, 4.69) is 0 Å². The fourth-order valence-corrected chi connectivity index (χ4v) is 2.28. The van der Waals surface area contributed by atoms with Crippen LogP contribution >= 0.6 is 0 Å². The van der Waals surface area contributed by atoms with Crippen LogP contribution in [0.3, 0.4) is 0 Å². The molecular weight excluding hydrogens is 266 g/mol. The summed E-state index contributed by atoms with van der Waals surface area (Å²) in [4.78, 5) is 0. The minimum atomic E-state index is -0.609. The number of hydrogen-bond donors (Lipinski definition) is 2. The number of aliphatic hydroxyl groups excluding tert-OH is 1. The molecule has 2 aromatic carbocycles. The van der Waals surface area contributed by atoms with Gasteiger partial charge in [0.2, 0.25) is 0 Å². The van der Waals surface area contributed by atoms with Crippen molar-refractivity contribution in [2.45, 2.75) is 18.9 Å². The van der Waals surface area contributed by atoms with Crippen LogP contribution in [0.15, 0.2) is 42.5 Å². The summed E-state index contributed by atoms with van der Waals surface area (Å²) in [6.45, 7) is 0. The predicted molar refractivity (Wildman–Crippen MR) is 83.7 cm³/mol. The zero-order chi connectivity index (χ0) is 15.2. The van der Waals surface area contributed by atoms with Crippen molar-refractivity contribution < 1.29 is 14.6 Å². The highest BCUT2D eigenvalue weighted by Gasteiger charge is 2.14. The number of aryl methyl sites for hydroxylation is 1. The lowest BCUT2D eigenvalue weighted by atomic mass is 9.99. The van der Waals surface area contributed by atoms with Gasteiger partial charge in [-0.25, -0.2) is 0 Å². The van der Waals surface area contributed by atoms with E-state index in [1.165, 1.54) is 0 Å². The van der Waals surface area contributed by atoms with E-state index in [4.69, 9.17) is 15.2 Å². The lowest BCUT2D eigenvalue weighted by molar-refractivity contribution is 0.168. The summed E-state index contributed by atoms with van der Waals surface area (Å²) in [6.07, 6.45) is 0.758. The van der Waals surface area contributed by atoms with Crippen LogP contribution in [0, 0.1) is 0 Å². The van der Waals surface area contributed by atoms with E-state index in [9.17, 15) is 5.11 Å². The van der Waals surface area contributed by atoms with E-state index >= 15 is 0 Å². The van der Waals surface area contributed by atoms with E-state index in [1.807, 2.05) is 36.4 Å². The summed E-state index contributed by atoms with van der Waals surface area (Å²) in [5, 5.41) is 10.3. The van der Waals surface area contributed by atoms with Gasteiger partial charge in [-0.2, -0.15) is 0 Å². The maximum Gasteiger partial charge on any atom is 0.142 e. The third-order valence-electron chi connectivity index (χ3n) is 3.54. The van der Waals surface area contributed by atoms with Crippen molar-refractivity contribution in [1.82, 2.24) is 0 Å². The molecule has 0 amide bonds. The Hall–Kier alpha value is -2.20. The zero-order valence-corrected chi connectivity index (χ0v) is 12.4. The average molecular weight is 287 g/mol. The molecule has 0 bridgehead atoms. The van der Waals surface area contributed by atoms with E-state index < -0.39 is 6.10 Å². The van der Waals surface area contributed by atoms with E-state index in [-0.39, 0.29) is 0 Å². The maximum atomic E-state index is 10.3. The second-order valence-corrected chi connectivity index (χ2v) is 4.87. The van der Waals surface area contributed by atoms with E-state index in [0.29, 0.717) is 23.4 Å².